The van der Waals surface area contributed by atoms with E-state index in [1.807, 2.05) is 19.2 Å². The zero-order valence-electron chi connectivity index (χ0n) is 9.64. The first kappa shape index (κ1) is 10.8. The fourth-order valence-corrected chi connectivity index (χ4v) is 2.33. The second kappa shape index (κ2) is 4.19. The zero-order valence-corrected chi connectivity index (χ0v) is 10.4. The number of alkyl halides is 1. The van der Waals surface area contributed by atoms with Gasteiger partial charge in [0, 0.05) is 5.92 Å². The number of hydrogen-bond acceptors (Lipinski definition) is 2. The van der Waals surface area contributed by atoms with E-state index in [9.17, 15) is 0 Å². The highest BCUT2D eigenvalue weighted by atomic mass is 35.5. The van der Waals surface area contributed by atoms with Crippen LogP contribution in [-0.4, -0.2) is 4.98 Å². The monoisotopic (exact) mass is 247 g/mol. The Hall–Kier alpha value is -1.28. The molecule has 1 heterocycles. The number of rotatable bonds is 3. The standard InChI is InChI=1S/C14H14ClNO/c1-9(15)14-16-8-13(17-14)12-7-11(12)10-5-3-2-4-6-10/h2-6,8-9,11-12H,7H2,1H3. The third kappa shape index (κ3) is 2.09. The Morgan fingerprint density at radius 3 is 2.71 bits per heavy atom. The molecular weight excluding hydrogens is 234 g/mol. The zero-order chi connectivity index (χ0) is 11.8. The summed E-state index contributed by atoms with van der Waals surface area (Å²) < 4.78 is 5.68. The first-order chi connectivity index (χ1) is 8.25. The van der Waals surface area contributed by atoms with E-state index in [1.165, 1.54) is 5.56 Å². The molecule has 0 aliphatic heterocycles. The predicted molar refractivity (Wildman–Crippen MR) is 67.3 cm³/mol. The van der Waals surface area contributed by atoms with Crippen molar-refractivity contribution in [1.29, 1.82) is 0 Å². The molecule has 3 atom stereocenters. The van der Waals surface area contributed by atoms with Crippen LogP contribution in [0.25, 0.3) is 0 Å². The summed E-state index contributed by atoms with van der Waals surface area (Å²) in [4.78, 5) is 4.21. The SMILES string of the molecule is CC(Cl)c1ncc(C2CC2c2ccccc2)o1. The molecule has 1 aromatic heterocycles. The average Bonchev–Trinajstić information content (AvgIpc) is 2.99. The molecule has 1 saturated carbocycles. The van der Waals surface area contributed by atoms with E-state index >= 15 is 0 Å². The second-order valence-corrected chi connectivity index (χ2v) is 5.23. The smallest absolute Gasteiger partial charge is 0.212 e. The molecule has 2 aromatic rings. The summed E-state index contributed by atoms with van der Waals surface area (Å²) >= 11 is 5.94. The summed E-state index contributed by atoms with van der Waals surface area (Å²) in [6, 6.07) is 10.6. The molecule has 1 aromatic carbocycles. The van der Waals surface area contributed by atoms with Crippen LogP contribution in [-0.2, 0) is 0 Å². The summed E-state index contributed by atoms with van der Waals surface area (Å²) in [7, 11) is 0. The van der Waals surface area contributed by atoms with Crippen molar-refractivity contribution in [3.05, 3.63) is 53.7 Å². The minimum Gasteiger partial charge on any atom is -0.444 e. The van der Waals surface area contributed by atoms with Crippen LogP contribution in [0, 0.1) is 0 Å². The van der Waals surface area contributed by atoms with Crippen molar-refractivity contribution < 1.29 is 4.42 Å². The van der Waals surface area contributed by atoms with Crippen molar-refractivity contribution in [1.82, 2.24) is 4.98 Å². The Bertz CT molecular complexity index is 506. The summed E-state index contributed by atoms with van der Waals surface area (Å²) in [6.07, 6.45) is 2.97. The summed E-state index contributed by atoms with van der Waals surface area (Å²) in [5.41, 5.74) is 1.38. The Labute approximate surface area is 106 Å². The Morgan fingerprint density at radius 2 is 2.06 bits per heavy atom. The van der Waals surface area contributed by atoms with Gasteiger partial charge in [-0.25, -0.2) is 4.98 Å². The van der Waals surface area contributed by atoms with Gasteiger partial charge in [0.15, 0.2) is 0 Å². The Kier molecular flexibility index (Phi) is 2.67. The van der Waals surface area contributed by atoms with Gasteiger partial charge in [0.1, 0.15) is 11.1 Å². The maximum Gasteiger partial charge on any atom is 0.212 e. The van der Waals surface area contributed by atoms with Crippen LogP contribution in [0.15, 0.2) is 40.9 Å². The molecule has 0 N–H and O–H groups in total. The summed E-state index contributed by atoms with van der Waals surface area (Å²) in [6.45, 7) is 1.87. The maximum atomic E-state index is 5.94. The molecule has 0 radical (unpaired) electrons. The molecule has 3 rings (SSSR count). The number of oxazole rings is 1. The third-order valence-corrected chi connectivity index (χ3v) is 3.45. The average molecular weight is 248 g/mol. The van der Waals surface area contributed by atoms with Crippen LogP contribution in [0.4, 0.5) is 0 Å². The van der Waals surface area contributed by atoms with Gasteiger partial charge in [0.2, 0.25) is 5.89 Å². The van der Waals surface area contributed by atoms with E-state index in [-0.39, 0.29) is 5.38 Å². The topological polar surface area (TPSA) is 26.0 Å². The van der Waals surface area contributed by atoms with Gasteiger partial charge < -0.3 is 4.42 Å². The van der Waals surface area contributed by atoms with Gasteiger partial charge in [-0.15, -0.1) is 11.6 Å². The number of nitrogens with zero attached hydrogens (tertiary/aromatic N) is 1. The number of halogens is 1. The normalized spacial score (nSPS) is 24.6. The van der Waals surface area contributed by atoms with Gasteiger partial charge in [-0.05, 0) is 24.8 Å². The van der Waals surface area contributed by atoms with E-state index in [0.717, 1.165) is 12.2 Å². The van der Waals surface area contributed by atoms with E-state index in [1.54, 1.807) is 0 Å². The number of benzene rings is 1. The van der Waals surface area contributed by atoms with Crippen molar-refractivity contribution in [2.45, 2.75) is 30.6 Å². The maximum absolute atomic E-state index is 5.94. The molecule has 1 aliphatic carbocycles. The fraction of sp³-hybridized carbons (Fsp3) is 0.357. The highest BCUT2D eigenvalue weighted by molar-refractivity contribution is 6.20. The minimum atomic E-state index is -0.155. The Morgan fingerprint density at radius 1 is 1.29 bits per heavy atom. The van der Waals surface area contributed by atoms with Crippen molar-refractivity contribution in [3.8, 4) is 0 Å². The first-order valence-electron chi connectivity index (χ1n) is 5.90. The Balaban J connectivity index is 1.76. The molecule has 88 valence electrons. The molecule has 3 heteroatoms. The predicted octanol–water partition coefficient (Wildman–Crippen LogP) is 4.25. The van der Waals surface area contributed by atoms with Gasteiger partial charge in [0.25, 0.3) is 0 Å². The molecule has 3 unspecified atom stereocenters. The second-order valence-electron chi connectivity index (χ2n) is 4.58. The van der Waals surface area contributed by atoms with E-state index < -0.39 is 0 Å². The van der Waals surface area contributed by atoms with Gasteiger partial charge >= 0.3 is 0 Å². The lowest BCUT2D eigenvalue weighted by Crippen LogP contribution is -1.82. The molecule has 1 fully saturated rings. The van der Waals surface area contributed by atoms with Crippen LogP contribution >= 0.6 is 11.6 Å². The highest BCUT2D eigenvalue weighted by Crippen LogP contribution is 2.54. The van der Waals surface area contributed by atoms with E-state index in [2.05, 4.69) is 29.2 Å². The minimum absolute atomic E-state index is 0.155. The molecule has 0 saturated heterocycles. The molecule has 1 aliphatic rings. The van der Waals surface area contributed by atoms with Gasteiger partial charge in [-0.3, -0.25) is 0 Å². The number of hydrogen-bond donors (Lipinski definition) is 0. The van der Waals surface area contributed by atoms with Crippen LogP contribution in [0.3, 0.4) is 0 Å². The summed E-state index contributed by atoms with van der Waals surface area (Å²) in [5.74, 6) is 2.67. The van der Waals surface area contributed by atoms with Gasteiger partial charge in [-0.2, -0.15) is 0 Å². The van der Waals surface area contributed by atoms with Crippen molar-refractivity contribution in [2.75, 3.05) is 0 Å². The molecule has 0 spiro atoms. The number of aromatic nitrogens is 1. The van der Waals surface area contributed by atoms with E-state index in [4.69, 9.17) is 16.0 Å². The molecule has 0 amide bonds. The first-order valence-corrected chi connectivity index (χ1v) is 6.34. The molecular formula is C14H14ClNO. The molecule has 2 nitrogen and oxygen atoms in total. The fourth-order valence-electron chi connectivity index (χ4n) is 2.23. The van der Waals surface area contributed by atoms with Crippen molar-refractivity contribution in [2.24, 2.45) is 0 Å². The van der Waals surface area contributed by atoms with Crippen molar-refractivity contribution >= 4 is 11.6 Å². The largest absolute Gasteiger partial charge is 0.444 e. The van der Waals surface area contributed by atoms with Gasteiger partial charge in [-0.1, -0.05) is 30.3 Å². The van der Waals surface area contributed by atoms with Gasteiger partial charge in [0.05, 0.1) is 6.20 Å². The summed E-state index contributed by atoms with van der Waals surface area (Å²) in [5, 5.41) is -0.155. The van der Waals surface area contributed by atoms with E-state index in [0.29, 0.717) is 17.7 Å². The lowest BCUT2D eigenvalue weighted by atomic mass is 10.1. The van der Waals surface area contributed by atoms with Crippen LogP contribution in [0.5, 0.6) is 0 Å². The van der Waals surface area contributed by atoms with Crippen molar-refractivity contribution in [3.63, 3.8) is 0 Å². The lowest BCUT2D eigenvalue weighted by Gasteiger charge is -1.98. The highest BCUT2D eigenvalue weighted by Gasteiger charge is 2.42. The third-order valence-electron chi connectivity index (χ3n) is 3.27. The van der Waals surface area contributed by atoms with Crippen LogP contribution < -0.4 is 0 Å². The molecule has 17 heavy (non-hydrogen) atoms. The quantitative estimate of drug-likeness (QED) is 0.758. The molecule has 0 bridgehead atoms. The lowest BCUT2D eigenvalue weighted by molar-refractivity contribution is 0.455. The van der Waals surface area contributed by atoms with Crippen LogP contribution in [0.2, 0.25) is 0 Å². The van der Waals surface area contributed by atoms with Crippen LogP contribution in [0.1, 0.15) is 47.8 Å².